The molecule has 0 radical (unpaired) electrons. The van der Waals surface area contributed by atoms with Gasteiger partial charge in [0.1, 0.15) is 11.6 Å². The van der Waals surface area contributed by atoms with Crippen LogP contribution < -0.4 is 0 Å². The Morgan fingerprint density at radius 2 is 1.90 bits per heavy atom. The van der Waals surface area contributed by atoms with E-state index in [-0.39, 0.29) is 17.0 Å². The summed E-state index contributed by atoms with van der Waals surface area (Å²) in [6.07, 6.45) is -0.0900. The molecule has 0 unspecified atom stereocenters. The summed E-state index contributed by atoms with van der Waals surface area (Å²) in [5, 5.41) is 10.2. The Morgan fingerprint density at radius 3 is 2.55 bits per heavy atom. The molecule has 0 amide bonds. The predicted molar refractivity (Wildman–Crippen MR) is 80.3 cm³/mol. The van der Waals surface area contributed by atoms with Gasteiger partial charge in [-0.1, -0.05) is 39.1 Å². The zero-order valence-corrected chi connectivity index (χ0v) is 13.1. The number of phenolic OH excluding ortho intramolecular Hbond substituents is 1. The maximum atomic E-state index is 13.7. The van der Waals surface area contributed by atoms with Crippen LogP contribution in [0.15, 0.2) is 34.8 Å². The van der Waals surface area contributed by atoms with Crippen LogP contribution in [0.3, 0.4) is 0 Å². The van der Waals surface area contributed by atoms with Crippen molar-refractivity contribution in [3.8, 4) is 5.75 Å². The minimum absolute atomic E-state index is 0.0282. The second-order valence-corrected chi connectivity index (χ2v) is 5.84. The summed E-state index contributed by atoms with van der Waals surface area (Å²) in [5.74, 6) is -1.88. The first-order valence-electron chi connectivity index (χ1n) is 5.53. The standard InChI is InChI=1S/C14H8BrCl2FO2/c15-10-2-1-8(16)3-7(10)4-12(19)14-11(18)5-9(17)6-13(14)20/h1-3,5-6,20H,4H2. The first-order chi connectivity index (χ1) is 9.38. The van der Waals surface area contributed by atoms with Gasteiger partial charge in [-0.15, -0.1) is 0 Å². The Labute approximate surface area is 133 Å². The normalized spacial score (nSPS) is 10.6. The van der Waals surface area contributed by atoms with E-state index < -0.39 is 17.3 Å². The summed E-state index contributed by atoms with van der Waals surface area (Å²) in [7, 11) is 0. The largest absolute Gasteiger partial charge is 0.507 e. The van der Waals surface area contributed by atoms with Crippen LogP contribution in [0.5, 0.6) is 5.75 Å². The summed E-state index contributed by atoms with van der Waals surface area (Å²) in [5.41, 5.74) is 0.234. The molecule has 0 saturated heterocycles. The lowest BCUT2D eigenvalue weighted by atomic mass is 10.0. The molecular weight excluding hydrogens is 370 g/mol. The Bertz CT molecular complexity index is 666. The van der Waals surface area contributed by atoms with E-state index in [9.17, 15) is 14.3 Å². The van der Waals surface area contributed by atoms with E-state index >= 15 is 0 Å². The van der Waals surface area contributed by atoms with Gasteiger partial charge in [0, 0.05) is 20.9 Å². The minimum Gasteiger partial charge on any atom is -0.507 e. The molecule has 0 saturated carbocycles. The molecule has 0 aliphatic rings. The highest BCUT2D eigenvalue weighted by Gasteiger charge is 2.19. The average Bonchev–Trinajstić information content (AvgIpc) is 2.32. The van der Waals surface area contributed by atoms with Gasteiger partial charge in [0.2, 0.25) is 0 Å². The molecule has 0 fully saturated rings. The molecule has 1 N–H and O–H groups in total. The van der Waals surface area contributed by atoms with Crippen molar-refractivity contribution in [3.63, 3.8) is 0 Å². The Kier molecular flexibility index (Phi) is 4.68. The van der Waals surface area contributed by atoms with E-state index in [0.717, 1.165) is 12.1 Å². The highest BCUT2D eigenvalue weighted by molar-refractivity contribution is 9.10. The Morgan fingerprint density at radius 1 is 1.20 bits per heavy atom. The number of hydrogen-bond donors (Lipinski definition) is 1. The monoisotopic (exact) mass is 376 g/mol. The number of halogens is 4. The van der Waals surface area contributed by atoms with Crippen LogP contribution in [0, 0.1) is 5.82 Å². The van der Waals surface area contributed by atoms with Crippen molar-refractivity contribution >= 4 is 44.9 Å². The van der Waals surface area contributed by atoms with Crippen molar-refractivity contribution in [3.05, 3.63) is 61.8 Å². The van der Waals surface area contributed by atoms with Gasteiger partial charge < -0.3 is 5.11 Å². The van der Waals surface area contributed by atoms with Gasteiger partial charge in [0.15, 0.2) is 5.78 Å². The Balaban J connectivity index is 2.36. The van der Waals surface area contributed by atoms with E-state index in [1.165, 1.54) is 0 Å². The zero-order chi connectivity index (χ0) is 14.9. The molecule has 2 aromatic carbocycles. The highest BCUT2D eigenvalue weighted by atomic mass is 79.9. The number of rotatable bonds is 3. The lowest BCUT2D eigenvalue weighted by Gasteiger charge is -2.08. The number of hydrogen-bond acceptors (Lipinski definition) is 2. The van der Waals surface area contributed by atoms with Crippen LogP contribution in [0.2, 0.25) is 10.0 Å². The topological polar surface area (TPSA) is 37.3 Å². The number of ketones is 1. The van der Waals surface area contributed by atoms with E-state index in [4.69, 9.17) is 23.2 Å². The van der Waals surface area contributed by atoms with E-state index in [1.807, 2.05) is 0 Å². The van der Waals surface area contributed by atoms with Gasteiger partial charge in [-0.25, -0.2) is 4.39 Å². The number of Topliss-reactive ketones (excluding diaryl/α,β-unsaturated/α-hetero) is 1. The van der Waals surface area contributed by atoms with E-state index in [0.29, 0.717) is 15.1 Å². The van der Waals surface area contributed by atoms with Crippen molar-refractivity contribution in [1.29, 1.82) is 0 Å². The summed E-state index contributed by atoms with van der Waals surface area (Å²) >= 11 is 14.7. The molecule has 0 spiro atoms. The van der Waals surface area contributed by atoms with Crippen LogP contribution in [0.4, 0.5) is 4.39 Å². The van der Waals surface area contributed by atoms with Crippen molar-refractivity contribution in [2.45, 2.75) is 6.42 Å². The fourth-order valence-electron chi connectivity index (χ4n) is 1.78. The molecule has 0 atom stereocenters. The minimum atomic E-state index is -0.849. The lowest BCUT2D eigenvalue weighted by molar-refractivity contribution is 0.0986. The van der Waals surface area contributed by atoms with Gasteiger partial charge in [-0.05, 0) is 35.9 Å². The van der Waals surface area contributed by atoms with Gasteiger partial charge >= 0.3 is 0 Å². The SMILES string of the molecule is O=C(Cc1cc(Cl)ccc1Br)c1c(O)cc(Cl)cc1F. The number of carbonyl (C=O) groups is 1. The molecule has 0 aliphatic carbocycles. The second kappa shape index (κ2) is 6.12. The molecule has 2 rings (SSSR count). The second-order valence-electron chi connectivity index (χ2n) is 4.12. The Hall–Kier alpha value is -1.10. The lowest BCUT2D eigenvalue weighted by Crippen LogP contribution is -2.07. The number of phenols is 1. The van der Waals surface area contributed by atoms with E-state index in [1.54, 1.807) is 18.2 Å². The molecule has 6 heteroatoms. The summed E-state index contributed by atoms with van der Waals surface area (Å²) < 4.78 is 14.4. The quantitative estimate of drug-likeness (QED) is 0.762. The predicted octanol–water partition coefficient (Wildman–Crippen LogP) is 5.03. The average molecular weight is 378 g/mol. The van der Waals surface area contributed by atoms with Crippen LogP contribution in [0.1, 0.15) is 15.9 Å². The van der Waals surface area contributed by atoms with Crippen LogP contribution >= 0.6 is 39.1 Å². The third-order valence-electron chi connectivity index (χ3n) is 2.67. The third-order valence-corrected chi connectivity index (χ3v) is 3.90. The van der Waals surface area contributed by atoms with Gasteiger partial charge in [0.05, 0.1) is 5.56 Å². The molecule has 2 aromatic rings. The summed E-state index contributed by atoms with van der Waals surface area (Å²) in [6.45, 7) is 0. The van der Waals surface area contributed by atoms with Crippen molar-refractivity contribution < 1.29 is 14.3 Å². The fraction of sp³-hybridized carbons (Fsp3) is 0.0714. The van der Waals surface area contributed by atoms with Crippen molar-refractivity contribution in [2.75, 3.05) is 0 Å². The number of carbonyl (C=O) groups excluding carboxylic acids is 1. The molecule has 2 nitrogen and oxygen atoms in total. The molecule has 104 valence electrons. The number of benzene rings is 2. The molecule has 0 heterocycles. The molecule has 0 bridgehead atoms. The van der Waals surface area contributed by atoms with Crippen molar-refractivity contribution in [1.82, 2.24) is 0 Å². The smallest absolute Gasteiger partial charge is 0.173 e. The maximum absolute atomic E-state index is 13.7. The van der Waals surface area contributed by atoms with Gasteiger partial charge in [-0.3, -0.25) is 4.79 Å². The third kappa shape index (κ3) is 3.32. The van der Waals surface area contributed by atoms with Gasteiger partial charge in [0.25, 0.3) is 0 Å². The van der Waals surface area contributed by atoms with Crippen LogP contribution in [-0.4, -0.2) is 10.9 Å². The van der Waals surface area contributed by atoms with Gasteiger partial charge in [-0.2, -0.15) is 0 Å². The molecule has 0 aliphatic heterocycles. The fourth-order valence-corrected chi connectivity index (χ4v) is 2.56. The highest BCUT2D eigenvalue weighted by Crippen LogP contribution is 2.28. The zero-order valence-electron chi connectivity index (χ0n) is 9.96. The summed E-state index contributed by atoms with van der Waals surface area (Å²) in [4.78, 5) is 12.1. The van der Waals surface area contributed by atoms with Crippen LogP contribution in [-0.2, 0) is 6.42 Å². The van der Waals surface area contributed by atoms with Crippen molar-refractivity contribution in [2.24, 2.45) is 0 Å². The molecule has 0 aromatic heterocycles. The first kappa shape index (κ1) is 15.3. The molecule has 20 heavy (non-hydrogen) atoms. The maximum Gasteiger partial charge on any atom is 0.173 e. The first-order valence-corrected chi connectivity index (χ1v) is 7.08. The summed E-state index contributed by atoms with van der Waals surface area (Å²) in [6, 6.07) is 7.09. The molecular formula is C14H8BrCl2FO2. The van der Waals surface area contributed by atoms with Crippen LogP contribution in [0.25, 0.3) is 0 Å². The number of aromatic hydroxyl groups is 1. The van der Waals surface area contributed by atoms with E-state index in [2.05, 4.69) is 15.9 Å².